The lowest BCUT2D eigenvalue weighted by Crippen LogP contribution is -2.22. The van der Waals surface area contributed by atoms with Crippen LogP contribution < -0.4 is 5.32 Å². The molecule has 0 saturated carbocycles. The summed E-state index contributed by atoms with van der Waals surface area (Å²) >= 11 is 0. The minimum atomic E-state index is 0.435. The fourth-order valence-electron chi connectivity index (χ4n) is 1.38. The Morgan fingerprint density at radius 3 is 2.43 bits per heavy atom. The van der Waals surface area contributed by atoms with Crippen LogP contribution in [0.5, 0.6) is 0 Å². The molecule has 82 valence electrons. The molecule has 1 N–H and O–H groups in total. The average molecular weight is 195 g/mol. The zero-order valence-electron chi connectivity index (χ0n) is 10.2. The van der Waals surface area contributed by atoms with Crippen molar-refractivity contribution in [1.29, 1.82) is 0 Å². The first-order valence-electron chi connectivity index (χ1n) is 5.72. The normalized spacial score (nSPS) is 10.9. The van der Waals surface area contributed by atoms with Gasteiger partial charge in [-0.25, -0.2) is 0 Å². The van der Waals surface area contributed by atoms with Gasteiger partial charge in [0.05, 0.1) is 0 Å². The first-order valence-corrected chi connectivity index (χ1v) is 5.72. The molecule has 0 spiro atoms. The predicted octanol–water partition coefficient (Wildman–Crippen LogP) is 3.21. The van der Waals surface area contributed by atoms with Gasteiger partial charge >= 0.3 is 0 Å². The van der Waals surface area contributed by atoms with Crippen LogP contribution in [0.3, 0.4) is 0 Å². The van der Waals surface area contributed by atoms with Crippen LogP contribution in [-0.2, 0) is 0 Å². The molecule has 0 aromatic rings. The van der Waals surface area contributed by atoms with Crippen molar-refractivity contribution in [1.82, 2.24) is 5.32 Å². The fourth-order valence-corrected chi connectivity index (χ4v) is 1.38. The molecule has 0 atom stereocenters. The standard InChI is InChI=1S/C13H25N/c1-5-7-8-9-13(3,4)10-12-14-11-6-2/h14H,6,8-12H2,1-4H3. The summed E-state index contributed by atoms with van der Waals surface area (Å²) in [6, 6.07) is 0. The van der Waals surface area contributed by atoms with Crippen molar-refractivity contribution < 1.29 is 0 Å². The smallest absolute Gasteiger partial charge is 0.00936 e. The first kappa shape index (κ1) is 13.5. The van der Waals surface area contributed by atoms with Crippen molar-refractivity contribution in [3.05, 3.63) is 0 Å². The number of rotatable bonds is 7. The summed E-state index contributed by atoms with van der Waals surface area (Å²) in [6.45, 7) is 11.1. The maximum absolute atomic E-state index is 3.45. The zero-order chi connectivity index (χ0) is 10.9. The van der Waals surface area contributed by atoms with Gasteiger partial charge in [-0.1, -0.05) is 20.8 Å². The van der Waals surface area contributed by atoms with Crippen molar-refractivity contribution >= 4 is 0 Å². The summed E-state index contributed by atoms with van der Waals surface area (Å²) in [4.78, 5) is 0. The quantitative estimate of drug-likeness (QED) is 0.486. The summed E-state index contributed by atoms with van der Waals surface area (Å²) in [6.07, 6.45) is 4.72. The minimum absolute atomic E-state index is 0.435. The van der Waals surface area contributed by atoms with Gasteiger partial charge in [0, 0.05) is 6.42 Å². The highest BCUT2D eigenvalue weighted by Gasteiger charge is 2.15. The SMILES string of the molecule is CC#CCCC(C)(C)CCNCCC. The number of hydrogen-bond donors (Lipinski definition) is 1. The molecule has 0 bridgehead atoms. The molecule has 0 unspecified atom stereocenters. The fraction of sp³-hybridized carbons (Fsp3) is 0.846. The Labute approximate surface area is 89.7 Å². The van der Waals surface area contributed by atoms with E-state index in [1.54, 1.807) is 0 Å². The van der Waals surface area contributed by atoms with Crippen molar-refractivity contribution in [2.24, 2.45) is 5.41 Å². The lowest BCUT2D eigenvalue weighted by molar-refractivity contribution is 0.306. The third-order valence-corrected chi connectivity index (χ3v) is 2.51. The van der Waals surface area contributed by atoms with E-state index in [9.17, 15) is 0 Å². The third kappa shape index (κ3) is 8.13. The lowest BCUT2D eigenvalue weighted by Gasteiger charge is -2.23. The second-order valence-electron chi connectivity index (χ2n) is 4.59. The second kappa shape index (κ2) is 7.88. The molecule has 0 aliphatic carbocycles. The van der Waals surface area contributed by atoms with E-state index in [0.717, 1.165) is 19.5 Å². The molecule has 0 aromatic heterocycles. The van der Waals surface area contributed by atoms with E-state index < -0.39 is 0 Å². The van der Waals surface area contributed by atoms with Crippen LogP contribution in [0.25, 0.3) is 0 Å². The summed E-state index contributed by atoms with van der Waals surface area (Å²) in [5.74, 6) is 6.09. The molecule has 0 heterocycles. The lowest BCUT2D eigenvalue weighted by atomic mass is 9.84. The summed E-state index contributed by atoms with van der Waals surface area (Å²) in [5.41, 5.74) is 0.435. The highest BCUT2D eigenvalue weighted by molar-refractivity contribution is 4.95. The summed E-state index contributed by atoms with van der Waals surface area (Å²) in [7, 11) is 0. The van der Waals surface area contributed by atoms with Gasteiger partial charge in [0.2, 0.25) is 0 Å². The molecular formula is C13H25N. The zero-order valence-corrected chi connectivity index (χ0v) is 10.2. The molecule has 0 amide bonds. The van der Waals surface area contributed by atoms with Crippen LogP contribution in [0.4, 0.5) is 0 Å². The van der Waals surface area contributed by atoms with E-state index in [0.29, 0.717) is 5.41 Å². The van der Waals surface area contributed by atoms with Crippen molar-refractivity contribution in [3.8, 4) is 11.8 Å². The van der Waals surface area contributed by atoms with Gasteiger partial charge in [0.15, 0.2) is 0 Å². The topological polar surface area (TPSA) is 12.0 Å². The number of nitrogens with one attached hydrogen (secondary N) is 1. The van der Waals surface area contributed by atoms with Crippen LogP contribution in [0, 0.1) is 17.3 Å². The van der Waals surface area contributed by atoms with Crippen LogP contribution >= 0.6 is 0 Å². The van der Waals surface area contributed by atoms with Gasteiger partial charge in [0.1, 0.15) is 0 Å². The molecule has 14 heavy (non-hydrogen) atoms. The van der Waals surface area contributed by atoms with Crippen molar-refractivity contribution in [2.45, 2.75) is 53.4 Å². The highest BCUT2D eigenvalue weighted by atomic mass is 14.8. The van der Waals surface area contributed by atoms with Gasteiger partial charge in [-0.15, -0.1) is 11.8 Å². The second-order valence-corrected chi connectivity index (χ2v) is 4.59. The first-order chi connectivity index (χ1) is 6.62. The molecule has 1 nitrogen and oxygen atoms in total. The third-order valence-electron chi connectivity index (χ3n) is 2.51. The Morgan fingerprint density at radius 1 is 1.14 bits per heavy atom. The van der Waals surface area contributed by atoms with Crippen LogP contribution in [0.15, 0.2) is 0 Å². The largest absolute Gasteiger partial charge is 0.317 e. The average Bonchev–Trinajstić information content (AvgIpc) is 2.13. The van der Waals surface area contributed by atoms with Crippen LogP contribution in [-0.4, -0.2) is 13.1 Å². The Hall–Kier alpha value is -0.480. The van der Waals surface area contributed by atoms with E-state index in [4.69, 9.17) is 0 Å². The molecule has 0 aliphatic rings. The molecule has 0 aliphatic heterocycles. The van der Waals surface area contributed by atoms with Gasteiger partial charge in [0.25, 0.3) is 0 Å². The summed E-state index contributed by atoms with van der Waals surface area (Å²) in [5, 5.41) is 3.45. The van der Waals surface area contributed by atoms with E-state index in [2.05, 4.69) is 37.9 Å². The monoisotopic (exact) mass is 195 g/mol. The molecule has 0 radical (unpaired) electrons. The Morgan fingerprint density at radius 2 is 1.86 bits per heavy atom. The maximum atomic E-state index is 3.45. The van der Waals surface area contributed by atoms with Crippen LogP contribution in [0.1, 0.15) is 53.4 Å². The molecule has 0 aromatic carbocycles. The minimum Gasteiger partial charge on any atom is -0.317 e. The Bertz CT molecular complexity index is 183. The Balaban J connectivity index is 3.53. The molecule has 1 heteroatoms. The van der Waals surface area contributed by atoms with Gasteiger partial charge < -0.3 is 5.32 Å². The van der Waals surface area contributed by atoms with Gasteiger partial charge in [-0.05, 0) is 44.7 Å². The molecule has 0 saturated heterocycles. The van der Waals surface area contributed by atoms with E-state index in [-0.39, 0.29) is 0 Å². The maximum Gasteiger partial charge on any atom is 0.00936 e. The summed E-state index contributed by atoms with van der Waals surface area (Å²) < 4.78 is 0. The molecular weight excluding hydrogens is 170 g/mol. The Kier molecular flexibility index (Phi) is 7.61. The van der Waals surface area contributed by atoms with E-state index in [1.165, 1.54) is 19.3 Å². The van der Waals surface area contributed by atoms with Gasteiger partial charge in [-0.2, -0.15) is 0 Å². The van der Waals surface area contributed by atoms with Gasteiger partial charge in [-0.3, -0.25) is 0 Å². The van der Waals surface area contributed by atoms with E-state index in [1.807, 2.05) is 6.92 Å². The number of hydrogen-bond acceptors (Lipinski definition) is 1. The van der Waals surface area contributed by atoms with E-state index >= 15 is 0 Å². The highest BCUT2D eigenvalue weighted by Crippen LogP contribution is 2.25. The van der Waals surface area contributed by atoms with Crippen molar-refractivity contribution in [2.75, 3.05) is 13.1 Å². The molecule has 0 rings (SSSR count). The molecule has 0 fully saturated rings. The predicted molar refractivity (Wildman–Crippen MR) is 64.2 cm³/mol. The van der Waals surface area contributed by atoms with Crippen molar-refractivity contribution in [3.63, 3.8) is 0 Å². The van der Waals surface area contributed by atoms with Crippen LogP contribution in [0.2, 0.25) is 0 Å².